The van der Waals surface area contributed by atoms with Gasteiger partial charge in [-0.25, -0.2) is 4.39 Å². The van der Waals surface area contributed by atoms with Gasteiger partial charge < -0.3 is 19.9 Å². The van der Waals surface area contributed by atoms with Gasteiger partial charge in [0.15, 0.2) is 11.6 Å². The summed E-state index contributed by atoms with van der Waals surface area (Å²) in [6, 6.07) is 12.5. The van der Waals surface area contributed by atoms with Crippen molar-refractivity contribution in [2.75, 3.05) is 20.3 Å². The Labute approximate surface area is 135 Å². The van der Waals surface area contributed by atoms with Crippen molar-refractivity contribution in [3.63, 3.8) is 0 Å². The number of nitrogens with one attached hydrogen (secondary N) is 1. The number of hydrogen-bond donors (Lipinski definition) is 2. The van der Waals surface area contributed by atoms with Crippen LogP contribution in [-0.2, 0) is 6.54 Å². The lowest BCUT2D eigenvalue weighted by molar-refractivity contribution is 0.200. The lowest BCUT2D eigenvalue weighted by Crippen LogP contribution is -2.19. The zero-order valence-corrected chi connectivity index (χ0v) is 13.4. The molecule has 0 aliphatic heterocycles. The Bertz CT molecular complexity index is 633. The Hall–Kier alpha value is -2.11. The Morgan fingerprint density at radius 2 is 1.96 bits per heavy atom. The molecule has 0 amide bonds. The number of para-hydroxylation sites is 1. The molecule has 0 heterocycles. The monoisotopic (exact) mass is 319 g/mol. The number of benzene rings is 2. The van der Waals surface area contributed by atoms with Gasteiger partial charge in [-0.1, -0.05) is 24.3 Å². The van der Waals surface area contributed by atoms with Crippen molar-refractivity contribution in [3.8, 4) is 11.5 Å². The fourth-order valence-corrected chi connectivity index (χ4v) is 2.27. The maximum atomic E-state index is 13.5. The molecule has 0 aromatic heterocycles. The van der Waals surface area contributed by atoms with E-state index < -0.39 is 0 Å². The molecule has 4 nitrogen and oxygen atoms in total. The summed E-state index contributed by atoms with van der Waals surface area (Å²) in [5.74, 6) is 0.618. The second-order valence-corrected chi connectivity index (χ2v) is 5.18. The zero-order valence-electron chi connectivity index (χ0n) is 13.4. The third-order valence-corrected chi connectivity index (χ3v) is 3.60. The molecule has 2 aromatic carbocycles. The molecule has 0 spiro atoms. The minimum absolute atomic E-state index is 0.0203. The average Bonchev–Trinajstić information content (AvgIpc) is 2.59. The average molecular weight is 319 g/mol. The van der Waals surface area contributed by atoms with Crippen LogP contribution < -0.4 is 14.8 Å². The van der Waals surface area contributed by atoms with E-state index in [1.807, 2.05) is 31.2 Å². The van der Waals surface area contributed by atoms with E-state index in [2.05, 4.69) is 5.32 Å². The van der Waals surface area contributed by atoms with Gasteiger partial charge in [0.25, 0.3) is 0 Å². The summed E-state index contributed by atoms with van der Waals surface area (Å²) in [6.07, 6.45) is 0. The van der Waals surface area contributed by atoms with E-state index >= 15 is 0 Å². The molecule has 124 valence electrons. The number of hydrogen-bond acceptors (Lipinski definition) is 4. The number of aliphatic hydroxyl groups is 1. The first-order valence-electron chi connectivity index (χ1n) is 7.54. The SMILES string of the molecule is COc1cc(C(C)NCc2ccccc2OCCO)ccc1F. The first kappa shape index (κ1) is 17.2. The summed E-state index contributed by atoms with van der Waals surface area (Å²) in [7, 11) is 1.45. The predicted molar refractivity (Wildman–Crippen MR) is 87.2 cm³/mol. The molecule has 0 saturated carbocycles. The lowest BCUT2D eigenvalue weighted by Gasteiger charge is -2.17. The van der Waals surface area contributed by atoms with Crippen LogP contribution in [-0.4, -0.2) is 25.4 Å². The standard InChI is InChI=1S/C18H22FNO3/c1-13(14-7-8-16(19)18(11-14)22-2)20-12-15-5-3-4-6-17(15)23-10-9-21/h3-8,11,13,20-21H,9-10,12H2,1-2H3. The Balaban J connectivity index is 2.03. The molecule has 2 aromatic rings. The summed E-state index contributed by atoms with van der Waals surface area (Å²) in [6.45, 7) is 2.85. The van der Waals surface area contributed by atoms with E-state index in [9.17, 15) is 4.39 Å². The van der Waals surface area contributed by atoms with Crippen molar-refractivity contribution in [3.05, 3.63) is 59.4 Å². The second kappa shape index (κ2) is 8.50. The highest BCUT2D eigenvalue weighted by Gasteiger charge is 2.10. The van der Waals surface area contributed by atoms with E-state index in [0.717, 1.165) is 16.9 Å². The minimum Gasteiger partial charge on any atom is -0.494 e. The van der Waals surface area contributed by atoms with Gasteiger partial charge in [0.2, 0.25) is 0 Å². The summed E-state index contributed by atoms with van der Waals surface area (Å²) in [5, 5.41) is 12.3. The maximum Gasteiger partial charge on any atom is 0.165 e. The molecule has 0 saturated heterocycles. The van der Waals surface area contributed by atoms with Crippen LogP contribution in [0.1, 0.15) is 24.1 Å². The van der Waals surface area contributed by atoms with Gasteiger partial charge in [0.1, 0.15) is 12.4 Å². The normalized spacial score (nSPS) is 12.0. The molecule has 1 unspecified atom stereocenters. The van der Waals surface area contributed by atoms with Crippen LogP contribution in [0.15, 0.2) is 42.5 Å². The fraction of sp³-hybridized carbons (Fsp3) is 0.333. The van der Waals surface area contributed by atoms with E-state index in [-0.39, 0.29) is 30.8 Å². The first-order valence-corrected chi connectivity index (χ1v) is 7.54. The van der Waals surface area contributed by atoms with Gasteiger partial charge in [-0.05, 0) is 30.7 Å². The van der Waals surface area contributed by atoms with Gasteiger partial charge in [-0.3, -0.25) is 0 Å². The molecule has 0 aliphatic carbocycles. The fourth-order valence-electron chi connectivity index (χ4n) is 2.27. The summed E-state index contributed by atoms with van der Waals surface area (Å²) >= 11 is 0. The Morgan fingerprint density at radius 3 is 2.70 bits per heavy atom. The van der Waals surface area contributed by atoms with Gasteiger partial charge in [0, 0.05) is 18.2 Å². The van der Waals surface area contributed by atoms with Gasteiger partial charge >= 0.3 is 0 Å². The molecule has 0 bridgehead atoms. The van der Waals surface area contributed by atoms with E-state index in [0.29, 0.717) is 6.54 Å². The van der Waals surface area contributed by atoms with Crippen LogP contribution in [0.25, 0.3) is 0 Å². The molecular weight excluding hydrogens is 297 g/mol. The van der Waals surface area contributed by atoms with Crippen molar-refractivity contribution in [1.29, 1.82) is 0 Å². The van der Waals surface area contributed by atoms with Gasteiger partial charge in [0.05, 0.1) is 13.7 Å². The summed E-state index contributed by atoms with van der Waals surface area (Å²) < 4.78 is 24.0. The molecule has 0 fully saturated rings. The molecule has 23 heavy (non-hydrogen) atoms. The number of halogens is 1. The molecule has 2 N–H and O–H groups in total. The zero-order chi connectivity index (χ0) is 16.7. The topological polar surface area (TPSA) is 50.7 Å². The van der Waals surface area contributed by atoms with Crippen molar-refractivity contribution in [2.24, 2.45) is 0 Å². The highest BCUT2D eigenvalue weighted by molar-refractivity contribution is 5.34. The van der Waals surface area contributed by atoms with Crippen LogP contribution >= 0.6 is 0 Å². The van der Waals surface area contributed by atoms with Crippen LogP contribution in [0.4, 0.5) is 4.39 Å². The molecule has 0 aliphatic rings. The minimum atomic E-state index is -0.369. The molecular formula is C18H22FNO3. The van der Waals surface area contributed by atoms with Gasteiger partial charge in [-0.2, -0.15) is 0 Å². The second-order valence-electron chi connectivity index (χ2n) is 5.18. The number of methoxy groups -OCH3 is 1. The third kappa shape index (κ3) is 4.68. The van der Waals surface area contributed by atoms with Crippen LogP contribution in [0.3, 0.4) is 0 Å². The largest absolute Gasteiger partial charge is 0.494 e. The Morgan fingerprint density at radius 1 is 1.17 bits per heavy atom. The van der Waals surface area contributed by atoms with Crippen molar-refractivity contribution in [2.45, 2.75) is 19.5 Å². The molecule has 1 atom stereocenters. The van der Waals surface area contributed by atoms with Crippen molar-refractivity contribution < 1.29 is 19.0 Å². The lowest BCUT2D eigenvalue weighted by atomic mass is 10.1. The quantitative estimate of drug-likeness (QED) is 0.785. The van der Waals surface area contributed by atoms with Crippen LogP contribution in [0.5, 0.6) is 11.5 Å². The van der Waals surface area contributed by atoms with Gasteiger partial charge in [-0.15, -0.1) is 0 Å². The number of aliphatic hydroxyl groups excluding tert-OH is 1. The van der Waals surface area contributed by atoms with Crippen LogP contribution in [0, 0.1) is 5.82 Å². The van der Waals surface area contributed by atoms with E-state index in [4.69, 9.17) is 14.6 Å². The molecule has 5 heteroatoms. The van der Waals surface area contributed by atoms with Crippen LogP contribution in [0.2, 0.25) is 0 Å². The molecule has 2 rings (SSSR count). The number of ether oxygens (including phenoxy) is 2. The van der Waals surface area contributed by atoms with Crippen molar-refractivity contribution >= 4 is 0 Å². The van der Waals surface area contributed by atoms with E-state index in [1.165, 1.54) is 13.2 Å². The van der Waals surface area contributed by atoms with E-state index in [1.54, 1.807) is 12.1 Å². The summed E-state index contributed by atoms with van der Waals surface area (Å²) in [5.41, 5.74) is 1.94. The highest BCUT2D eigenvalue weighted by Crippen LogP contribution is 2.24. The predicted octanol–water partition coefficient (Wildman–Crippen LogP) is 3.06. The molecule has 0 radical (unpaired) electrons. The smallest absolute Gasteiger partial charge is 0.165 e. The Kier molecular flexibility index (Phi) is 6.38. The highest BCUT2D eigenvalue weighted by atomic mass is 19.1. The third-order valence-electron chi connectivity index (χ3n) is 3.60. The number of rotatable bonds is 8. The maximum absolute atomic E-state index is 13.5. The summed E-state index contributed by atoms with van der Waals surface area (Å²) in [4.78, 5) is 0. The first-order chi connectivity index (χ1) is 11.2. The van der Waals surface area contributed by atoms with Crippen molar-refractivity contribution in [1.82, 2.24) is 5.32 Å².